The van der Waals surface area contributed by atoms with Crippen LogP contribution in [0.15, 0.2) is 6.20 Å². The molecule has 5 nitrogen and oxygen atoms in total. The van der Waals surface area contributed by atoms with Crippen LogP contribution in [0.5, 0.6) is 0 Å². The Kier molecular flexibility index (Phi) is 6.22. The lowest BCUT2D eigenvalue weighted by Crippen LogP contribution is -2.48. The Morgan fingerprint density at radius 1 is 1.35 bits per heavy atom. The van der Waals surface area contributed by atoms with Crippen LogP contribution in [0.1, 0.15) is 18.7 Å². The molecule has 20 heavy (non-hydrogen) atoms. The van der Waals surface area contributed by atoms with E-state index in [0.717, 1.165) is 51.0 Å². The number of ether oxygens (including phenoxy) is 1. The zero-order valence-corrected chi connectivity index (χ0v) is 13.6. The molecule has 1 aliphatic heterocycles. The third kappa shape index (κ3) is 4.41. The maximum absolute atomic E-state index is 5.02. The Labute approximate surface area is 125 Å². The quantitative estimate of drug-likeness (QED) is 0.771. The maximum Gasteiger partial charge on any atom is 0.185 e. The normalized spacial score (nSPS) is 17.1. The van der Waals surface area contributed by atoms with Gasteiger partial charge in [0.05, 0.1) is 6.61 Å². The molecule has 1 saturated heterocycles. The molecule has 0 saturated carbocycles. The molecule has 6 heteroatoms. The van der Waals surface area contributed by atoms with Crippen LogP contribution >= 0.6 is 11.3 Å². The molecule has 0 atom stereocenters. The largest absolute Gasteiger partial charge is 0.383 e. The summed E-state index contributed by atoms with van der Waals surface area (Å²) in [5, 5.41) is 4.52. The first kappa shape index (κ1) is 15.7. The van der Waals surface area contributed by atoms with Crippen molar-refractivity contribution in [2.24, 2.45) is 0 Å². The molecule has 0 spiro atoms. The number of methoxy groups -OCH3 is 1. The Morgan fingerprint density at radius 2 is 2.10 bits per heavy atom. The molecule has 0 aromatic carbocycles. The number of thiazole rings is 1. The highest BCUT2D eigenvalue weighted by atomic mass is 32.1. The van der Waals surface area contributed by atoms with Gasteiger partial charge in [0.2, 0.25) is 0 Å². The number of aromatic nitrogens is 1. The molecule has 0 unspecified atom stereocenters. The van der Waals surface area contributed by atoms with Gasteiger partial charge in [-0.25, -0.2) is 4.98 Å². The van der Waals surface area contributed by atoms with Crippen LogP contribution in [-0.2, 0) is 11.3 Å². The second-order valence-corrected chi connectivity index (χ2v) is 6.49. The smallest absolute Gasteiger partial charge is 0.185 e. The van der Waals surface area contributed by atoms with E-state index < -0.39 is 0 Å². The summed E-state index contributed by atoms with van der Waals surface area (Å²) in [6, 6.07) is 0.647. The first-order valence-corrected chi connectivity index (χ1v) is 8.15. The zero-order chi connectivity index (χ0) is 14.4. The predicted molar refractivity (Wildman–Crippen MR) is 84.6 cm³/mol. The summed E-state index contributed by atoms with van der Waals surface area (Å²) in [6.45, 7) is 11.5. The highest BCUT2D eigenvalue weighted by Gasteiger charge is 2.20. The second-order valence-electron chi connectivity index (χ2n) is 5.40. The average molecular weight is 298 g/mol. The summed E-state index contributed by atoms with van der Waals surface area (Å²) < 4.78 is 5.02. The lowest BCUT2D eigenvalue weighted by atomic mass is 10.2. The minimum atomic E-state index is 0.647. The summed E-state index contributed by atoms with van der Waals surface area (Å²) in [7, 11) is 1.73. The minimum absolute atomic E-state index is 0.647. The lowest BCUT2D eigenvalue weighted by molar-refractivity contribution is 0.199. The fraction of sp³-hybridized carbons (Fsp3) is 0.786. The van der Waals surface area contributed by atoms with E-state index in [1.807, 2.05) is 6.20 Å². The molecular formula is C14H26N4OS. The summed E-state index contributed by atoms with van der Waals surface area (Å²) >= 11 is 1.80. The maximum atomic E-state index is 5.02. The van der Waals surface area contributed by atoms with Crippen molar-refractivity contribution in [2.75, 3.05) is 51.3 Å². The van der Waals surface area contributed by atoms with Crippen LogP contribution in [-0.4, -0.2) is 62.4 Å². The molecule has 0 amide bonds. The van der Waals surface area contributed by atoms with Gasteiger partial charge in [-0.2, -0.15) is 0 Å². The Bertz CT molecular complexity index is 388. The number of piperazine rings is 1. The van der Waals surface area contributed by atoms with E-state index in [9.17, 15) is 0 Å². The topological polar surface area (TPSA) is 40.6 Å². The number of nitrogens with zero attached hydrogens (tertiary/aromatic N) is 3. The van der Waals surface area contributed by atoms with Gasteiger partial charge < -0.3 is 15.0 Å². The molecule has 0 radical (unpaired) electrons. The van der Waals surface area contributed by atoms with Gasteiger partial charge in [0, 0.05) is 63.5 Å². The fourth-order valence-corrected chi connectivity index (χ4v) is 3.27. The van der Waals surface area contributed by atoms with Gasteiger partial charge in [-0.15, -0.1) is 11.3 Å². The molecule has 1 fully saturated rings. The SMILES string of the molecule is COCCNCc1cnc(N2CCN(C(C)C)CC2)s1. The number of hydrogen-bond donors (Lipinski definition) is 1. The van der Waals surface area contributed by atoms with E-state index >= 15 is 0 Å². The highest BCUT2D eigenvalue weighted by molar-refractivity contribution is 7.15. The number of hydrogen-bond acceptors (Lipinski definition) is 6. The predicted octanol–water partition coefficient (Wildman–Crippen LogP) is 1.41. The molecule has 2 rings (SSSR count). The summed E-state index contributed by atoms with van der Waals surface area (Å²) in [4.78, 5) is 10.8. The van der Waals surface area contributed by atoms with Crippen LogP contribution in [0.25, 0.3) is 0 Å². The van der Waals surface area contributed by atoms with Crippen LogP contribution < -0.4 is 10.2 Å². The van der Waals surface area contributed by atoms with Crippen molar-refractivity contribution in [1.29, 1.82) is 0 Å². The molecule has 2 heterocycles. The fourth-order valence-electron chi connectivity index (χ4n) is 2.34. The van der Waals surface area contributed by atoms with Gasteiger partial charge in [0.15, 0.2) is 5.13 Å². The van der Waals surface area contributed by atoms with Crippen molar-refractivity contribution < 1.29 is 4.74 Å². The Morgan fingerprint density at radius 3 is 2.75 bits per heavy atom. The first-order chi connectivity index (χ1) is 9.70. The zero-order valence-electron chi connectivity index (χ0n) is 12.8. The van der Waals surface area contributed by atoms with Crippen molar-refractivity contribution in [3.8, 4) is 0 Å². The lowest BCUT2D eigenvalue weighted by Gasteiger charge is -2.36. The van der Waals surface area contributed by atoms with E-state index in [0.29, 0.717) is 6.04 Å². The number of anilines is 1. The van der Waals surface area contributed by atoms with Gasteiger partial charge in [-0.05, 0) is 13.8 Å². The van der Waals surface area contributed by atoms with Crippen molar-refractivity contribution in [3.05, 3.63) is 11.1 Å². The highest BCUT2D eigenvalue weighted by Crippen LogP contribution is 2.23. The second kappa shape index (κ2) is 7.93. The Balaban J connectivity index is 1.78. The van der Waals surface area contributed by atoms with E-state index in [1.54, 1.807) is 18.4 Å². The van der Waals surface area contributed by atoms with Crippen LogP contribution in [0.4, 0.5) is 5.13 Å². The average Bonchev–Trinajstić information content (AvgIpc) is 2.92. The van der Waals surface area contributed by atoms with Gasteiger partial charge in [-0.1, -0.05) is 0 Å². The number of rotatable bonds is 7. The molecule has 1 N–H and O–H groups in total. The van der Waals surface area contributed by atoms with Crippen molar-refractivity contribution in [3.63, 3.8) is 0 Å². The van der Waals surface area contributed by atoms with Crippen molar-refractivity contribution in [1.82, 2.24) is 15.2 Å². The van der Waals surface area contributed by atoms with Gasteiger partial charge in [0.1, 0.15) is 0 Å². The van der Waals surface area contributed by atoms with E-state index in [2.05, 4.69) is 33.9 Å². The standard InChI is InChI=1S/C14H26N4OS/c1-12(2)17-5-7-18(8-6-17)14-16-11-13(20-14)10-15-4-9-19-3/h11-12,15H,4-10H2,1-3H3. The summed E-state index contributed by atoms with van der Waals surface area (Å²) in [6.07, 6.45) is 1.99. The van der Waals surface area contributed by atoms with Crippen molar-refractivity contribution >= 4 is 16.5 Å². The Hall–Kier alpha value is -0.690. The molecule has 1 aromatic heterocycles. The van der Waals surface area contributed by atoms with Crippen molar-refractivity contribution in [2.45, 2.75) is 26.4 Å². The van der Waals surface area contributed by atoms with Gasteiger partial charge in [-0.3, -0.25) is 4.90 Å². The summed E-state index contributed by atoms with van der Waals surface area (Å²) in [5.74, 6) is 0. The number of nitrogens with one attached hydrogen (secondary N) is 1. The van der Waals surface area contributed by atoms with Gasteiger partial charge in [0.25, 0.3) is 0 Å². The van der Waals surface area contributed by atoms with Crippen LogP contribution in [0.2, 0.25) is 0 Å². The molecule has 0 aliphatic carbocycles. The molecular weight excluding hydrogens is 272 g/mol. The van der Waals surface area contributed by atoms with Crippen LogP contribution in [0.3, 0.4) is 0 Å². The third-order valence-electron chi connectivity index (χ3n) is 3.64. The van der Waals surface area contributed by atoms with E-state index in [1.165, 1.54) is 4.88 Å². The summed E-state index contributed by atoms with van der Waals surface area (Å²) in [5.41, 5.74) is 0. The molecule has 1 aliphatic rings. The first-order valence-electron chi connectivity index (χ1n) is 7.34. The van der Waals surface area contributed by atoms with Crippen LogP contribution in [0, 0.1) is 0 Å². The minimum Gasteiger partial charge on any atom is -0.383 e. The molecule has 114 valence electrons. The van der Waals surface area contributed by atoms with E-state index in [4.69, 9.17) is 4.74 Å². The van der Waals surface area contributed by atoms with E-state index in [-0.39, 0.29) is 0 Å². The molecule has 0 bridgehead atoms. The monoisotopic (exact) mass is 298 g/mol. The van der Waals surface area contributed by atoms with Gasteiger partial charge >= 0.3 is 0 Å². The third-order valence-corrected chi connectivity index (χ3v) is 4.70. The molecule has 1 aromatic rings.